The van der Waals surface area contributed by atoms with Crippen LogP contribution >= 0.6 is 0 Å². The van der Waals surface area contributed by atoms with E-state index in [1.807, 2.05) is 0 Å². The van der Waals surface area contributed by atoms with Gasteiger partial charge in [-0.05, 0) is 18.4 Å². The molecule has 0 aromatic heterocycles. The zero-order valence-corrected chi connectivity index (χ0v) is 8.37. The van der Waals surface area contributed by atoms with Crippen LogP contribution in [-0.4, -0.2) is 19.1 Å². The van der Waals surface area contributed by atoms with Crippen LogP contribution in [0.2, 0.25) is 0 Å². The molecule has 2 N–H and O–H groups in total. The smallest absolute Gasteiger partial charge is 0.347 e. The van der Waals surface area contributed by atoms with Crippen molar-refractivity contribution in [2.24, 2.45) is 5.73 Å². The summed E-state index contributed by atoms with van der Waals surface area (Å²) in [5, 5.41) is 0. The Morgan fingerprint density at radius 2 is 2.20 bits per heavy atom. The Kier molecular flexibility index (Phi) is 1.59. The highest BCUT2D eigenvalue weighted by Crippen LogP contribution is 2.43. The van der Waals surface area contributed by atoms with Crippen molar-refractivity contribution in [3.63, 3.8) is 0 Å². The molecule has 4 heteroatoms. The summed E-state index contributed by atoms with van der Waals surface area (Å²) in [4.78, 5) is 11.3. The fourth-order valence-corrected chi connectivity index (χ4v) is 2.36. The van der Waals surface area contributed by atoms with Crippen LogP contribution in [0.1, 0.15) is 21.5 Å². The molecule has 0 saturated carbocycles. The summed E-state index contributed by atoms with van der Waals surface area (Å²) in [5.74, 6) is 1.17. The molecule has 15 heavy (non-hydrogen) atoms. The van der Waals surface area contributed by atoms with E-state index in [1.165, 1.54) is 0 Å². The Morgan fingerprint density at radius 1 is 1.47 bits per heavy atom. The normalized spacial score (nSPS) is 21.5. The van der Waals surface area contributed by atoms with E-state index in [2.05, 4.69) is 0 Å². The molecule has 1 atom stereocenters. The minimum absolute atomic E-state index is 0.0915. The largest absolute Gasteiger partial charge is 0.496 e. The third-order valence-corrected chi connectivity index (χ3v) is 3.03. The Morgan fingerprint density at radius 3 is 2.87 bits per heavy atom. The van der Waals surface area contributed by atoms with Gasteiger partial charge in [0.15, 0.2) is 0 Å². The molecule has 0 radical (unpaired) electrons. The summed E-state index contributed by atoms with van der Waals surface area (Å²) < 4.78 is 10.2. The number of nitrogens with two attached hydrogens (primary N) is 1. The maximum atomic E-state index is 11.3. The summed E-state index contributed by atoms with van der Waals surface area (Å²) >= 11 is 0. The van der Waals surface area contributed by atoms with Gasteiger partial charge >= 0.3 is 5.97 Å². The minimum atomic E-state index is -0.238. The van der Waals surface area contributed by atoms with Gasteiger partial charge < -0.3 is 15.2 Å². The van der Waals surface area contributed by atoms with Crippen LogP contribution in [0, 0.1) is 0 Å². The highest BCUT2D eigenvalue weighted by Gasteiger charge is 2.36. The van der Waals surface area contributed by atoms with Gasteiger partial charge in [0.2, 0.25) is 0 Å². The topological polar surface area (TPSA) is 61.5 Å². The van der Waals surface area contributed by atoms with Gasteiger partial charge in [-0.3, -0.25) is 0 Å². The molecular formula is C11H11NO3. The average Bonchev–Trinajstić information content (AvgIpc) is 2.54. The second kappa shape index (κ2) is 2.73. The van der Waals surface area contributed by atoms with Crippen LogP contribution in [0.15, 0.2) is 6.07 Å². The third-order valence-electron chi connectivity index (χ3n) is 3.03. The molecule has 4 nitrogen and oxygen atoms in total. The quantitative estimate of drug-likeness (QED) is 0.684. The van der Waals surface area contributed by atoms with Crippen molar-refractivity contribution in [1.82, 2.24) is 0 Å². The number of hydrogen-bond donors (Lipinski definition) is 1. The zero-order chi connectivity index (χ0) is 10.6. The number of carbonyl (C=O) groups is 1. The number of ether oxygens (including phenoxy) is 2. The summed E-state index contributed by atoms with van der Waals surface area (Å²) in [6, 6.07) is 1.86. The number of rotatable bonds is 1. The fraction of sp³-hybridized carbons (Fsp3) is 0.364. The Balaban J connectivity index is 2.23. The molecule has 0 bridgehead atoms. The van der Waals surface area contributed by atoms with Gasteiger partial charge in [-0.25, -0.2) is 4.79 Å². The Hall–Kier alpha value is -1.55. The van der Waals surface area contributed by atoms with Gasteiger partial charge in [-0.2, -0.15) is 0 Å². The van der Waals surface area contributed by atoms with Crippen LogP contribution < -0.4 is 15.2 Å². The second-order valence-corrected chi connectivity index (χ2v) is 3.97. The lowest BCUT2D eigenvalue weighted by atomic mass is 9.98. The Labute approximate surface area is 87.0 Å². The highest BCUT2D eigenvalue weighted by atomic mass is 16.6. The van der Waals surface area contributed by atoms with Crippen molar-refractivity contribution < 1.29 is 14.3 Å². The van der Waals surface area contributed by atoms with Gasteiger partial charge in [0, 0.05) is 17.7 Å². The third kappa shape index (κ3) is 1.02. The van der Waals surface area contributed by atoms with E-state index in [1.54, 1.807) is 13.2 Å². The highest BCUT2D eigenvalue weighted by molar-refractivity contribution is 6.03. The lowest BCUT2D eigenvalue weighted by Crippen LogP contribution is -2.24. The Bertz CT molecular complexity index is 467. The molecule has 1 aliphatic carbocycles. The van der Waals surface area contributed by atoms with E-state index < -0.39 is 0 Å². The first-order valence-corrected chi connectivity index (χ1v) is 4.91. The van der Waals surface area contributed by atoms with Crippen molar-refractivity contribution in [1.29, 1.82) is 0 Å². The fourth-order valence-electron chi connectivity index (χ4n) is 2.36. The molecule has 0 spiro atoms. The van der Waals surface area contributed by atoms with Crippen molar-refractivity contribution in [2.75, 3.05) is 7.11 Å². The predicted octanol–water partition coefficient (Wildman–Crippen LogP) is 0.654. The summed E-state index contributed by atoms with van der Waals surface area (Å²) in [7, 11) is 1.62. The molecule has 78 valence electrons. The van der Waals surface area contributed by atoms with Gasteiger partial charge in [0.1, 0.15) is 17.1 Å². The summed E-state index contributed by atoms with van der Waals surface area (Å²) in [6.45, 7) is 0. The van der Waals surface area contributed by atoms with Crippen molar-refractivity contribution in [3.8, 4) is 11.5 Å². The van der Waals surface area contributed by atoms with Crippen molar-refractivity contribution in [2.45, 2.75) is 18.9 Å². The molecule has 1 aliphatic heterocycles. The van der Waals surface area contributed by atoms with Gasteiger partial charge in [0.25, 0.3) is 0 Å². The maximum Gasteiger partial charge on any atom is 0.347 e. The van der Waals surface area contributed by atoms with E-state index in [0.717, 1.165) is 29.7 Å². The molecule has 0 saturated heterocycles. The molecule has 1 unspecified atom stereocenters. The number of carbonyl (C=O) groups excluding carboxylic acids is 1. The lowest BCUT2D eigenvalue weighted by Gasteiger charge is -2.22. The molecule has 2 aliphatic rings. The molecular weight excluding hydrogens is 194 g/mol. The number of methoxy groups -OCH3 is 1. The minimum Gasteiger partial charge on any atom is -0.496 e. The zero-order valence-electron chi connectivity index (χ0n) is 8.37. The number of benzene rings is 1. The molecule has 0 amide bonds. The van der Waals surface area contributed by atoms with Crippen LogP contribution in [0.5, 0.6) is 11.5 Å². The monoisotopic (exact) mass is 205 g/mol. The van der Waals surface area contributed by atoms with Gasteiger partial charge in [-0.15, -0.1) is 0 Å². The van der Waals surface area contributed by atoms with Crippen molar-refractivity contribution in [3.05, 3.63) is 22.8 Å². The van der Waals surface area contributed by atoms with E-state index >= 15 is 0 Å². The van der Waals surface area contributed by atoms with Crippen LogP contribution in [0.3, 0.4) is 0 Å². The van der Waals surface area contributed by atoms with Gasteiger partial charge in [0.05, 0.1) is 7.11 Å². The van der Waals surface area contributed by atoms with E-state index in [-0.39, 0.29) is 12.0 Å². The second-order valence-electron chi connectivity index (χ2n) is 3.97. The first kappa shape index (κ1) is 8.73. The van der Waals surface area contributed by atoms with Gasteiger partial charge in [-0.1, -0.05) is 0 Å². The predicted molar refractivity (Wildman–Crippen MR) is 53.3 cm³/mol. The lowest BCUT2D eigenvalue weighted by molar-refractivity contribution is 0.0656. The molecule has 1 aromatic carbocycles. The van der Waals surface area contributed by atoms with E-state index in [4.69, 9.17) is 15.2 Å². The number of hydrogen-bond acceptors (Lipinski definition) is 4. The number of esters is 1. The van der Waals surface area contributed by atoms with Crippen LogP contribution in [-0.2, 0) is 12.8 Å². The van der Waals surface area contributed by atoms with E-state index in [0.29, 0.717) is 11.3 Å². The average molecular weight is 205 g/mol. The molecule has 1 aromatic rings. The summed E-state index contributed by atoms with van der Waals surface area (Å²) in [6.07, 6.45) is 1.52. The van der Waals surface area contributed by atoms with Crippen LogP contribution in [0.4, 0.5) is 0 Å². The maximum absolute atomic E-state index is 11.3. The SMILES string of the molecule is COc1cc2c(c3c1CC(N)C3)C(=O)O2. The van der Waals surface area contributed by atoms with Crippen LogP contribution in [0.25, 0.3) is 0 Å². The standard InChI is InChI=1S/C11H11NO3/c1-14-8-4-9-10(11(13)15-9)7-3-5(12)2-6(7)8/h4-5H,2-3,12H2,1H3. The van der Waals surface area contributed by atoms with E-state index in [9.17, 15) is 4.79 Å². The first-order chi connectivity index (χ1) is 7.20. The summed E-state index contributed by atoms with van der Waals surface area (Å²) in [5.41, 5.74) is 8.69. The molecule has 1 heterocycles. The molecule has 3 rings (SSSR count). The molecule has 0 fully saturated rings. The van der Waals surface area contributed by atoms with Crippen molar-refractivity contribution >= 4 is 5.97 Å². The first-order valence-electron chi connectivity index (χ1n) is 4.91. The number of fused-ring (bicyclic) bond motifs is 3.